The maximum Gasteiger partial charge on any atom is 0.252 e. The van der Waals surface area contributed by atoms with E-state index in [0.29, 0.717) is 0 Å². The number of nitrogens with two attached hydrogens (primary N) is 2. The fourth-order valence-electron chi connectivity index (χ4n) is 1.07. The van der Waals surface area contributed by atoms with Gasteiger partial charge in [-0.2, -0.15) is 0 Å². The van der Waals surface area contributed by atoms with Crippen LogP contribution in [0.3, 0.4) is 0 Å². The fraction of sp³-hybridized carbons (Fsp3) is 0.111. The van der Waals surface area contributed by atoms with Crippen LogP contribution in [0.2, 0.25) is 0 Å². The molecule has 0 aliphatic heterocycles. The van der Waals surface area contributed by atoms with E-state index < -0.39 is 16.7 Å². The summed E-state index contributed by atoms with van der Waals surface area (Å²) < 4.78 is 0. The van der Waals surface area contributed by atoms with Gasteiger partial charge in [-0.15, -0.1) is 0 Å². The maximum absolute atomic E-state index is 11.1. The lowest BCUT2D eigenvalue weighted by Gasteiger charge is -2.19. The number of primary amides is 2. The number of hydrogen-bond acceptors (Lipinski definition) is 2. The second-order valence-electron chi connectivity index (χ2n) is 2.75. The average Bonchev–Trinajstić information content (AvgIpc) is 2.17. The minimum absolute atomic E-state index is 0.279. The normalized spacial score (nSPS) is 10.9. The summed E-state index contributed by atoms with van der Waals surface area (Å²) in [5.74, 6) is -1.95. The van der Waals surface area contributed by atoms with Crippen molar-refractivity contribution in [1.29, 1.82) is 0 Å². The van der Waals surface area contributed by atoms with Gasteiger partial charge in [0.25, 0.3) is 11.8 Å². The van der Waals surface area contributed by atoms with Gasteiger partial charge in [0.2, 0.25) is 4.87 Å². The Labute approximate surface area is 85.8 Å². The van der Waals surface area contributed by atoms with Crippen LogP contribution >= 0.6 is 11.6 Å². The van der Waals surface area contributed by atoms with E-state index in [4.69, 9.17) is 23.1 Å². The first-order valence-electron chi connectivity index (χ1n) is 3.84. The van der Waals surface area contributed by atoms with Gasteiger partial charge < -0.3 is 11.5 Å². The number of amides is 2. The Bertz CT molecular complexity index is 350. The Balaban J connectivity index is 3.27. The largest absolute Gasteiger partial charge is 0.367 e. The summed E-state index contributed by atoms with van der Waals surface area (Å²) in [5, 5.41) is 0. The van der Waals surface area contributed by atoms with Gasteiger partial charge in [-0.1, -0.05) is 41.9 Å². The first-order valence-corrected chi connectivity index (χ1v) is 4.21. The van der Waals surface area contributed by atoms with Crippen LogP contribution in [0.1, 0.15) is 5.56 Å². The van der Waals surface area contributed by atoms with Crippen LogP contribution in [0.15, 0.2) is 30.3 Å². The smallest absolute Gasteiger partial charge is 0.252 e. The zero-order valence-electron chi connectivity index (χ0n) is 7.24. The summed E-state index contributed by atoms with van der Waals surface area (Å²) in [6.07, 6.45) is 0. The number of benzene rings is 1. The van der Waals surface area contributed by atoms with E-state index in [1.54, 1.807) is 18.2 Å². The second-order valence-corrected chi connectivity index (χ2v) is 3.32. The van der Waals surface area contributed by atoms with E-state index in [-0.39, 0.29) is 5.56 Å². The van der Waals surface area contributed by atoms with Gasteiger partial charge in [0, 0.05) is 0 Å². The summed E-state index contributed by atoms with van der Waals surface area (Å²) in [7, 11) is 0. The zero-order valence-corrected chi connectivity index (χ0v) is 7.99. The van der Waals surface area contributed by atoms with Crippen molar-refractivity contribution in [2.24, 2.45) is 11.5 Å². The molecule has 0 aliphatic carbocycles. The van der Waals surface area contributed by atoms with Crippen LogP contribution in [-0.4, -0.2) is 11.8 Å². The van der Waals surface area contributed by atoms with Gasteiger partial charge in [-0.25, -0.2) is 0 Å². The molecule has 0 saturated heterocycles. The number of carbonyl (C=O) groups is 2. The van der Waals surface area contributed by atoms with Crippen molar-refractivity contribution in [2.75, 3.05) is 0 Å². The molecule has 0 saturated carbocycles. The highest BCUT2D eigenvalue weighted by Crippen LogP contribution is 2.28. The Kier molecular flexibility index (Phi) is 2.76. The molecule has 0 atom stereocenters. The highest BCUT2D eigenvalue weighted by atomic mass is 35.5. The molecule has 0 bridgehead atoms. The third kappa shape index (κ3) is 1.56. The summed E-state index contributed by atoms with van der Waals surface area (Å²) in [6, 6.07) is 8.03. The molecule has 74 valence electrons. The maximum atomic E-state index is 11.1. The number of alkyl halides is 1. The van der Waals surface area contributed by atoms with Crippen LogP contribution in [0.4, 0.5) is 0 Å². The summed E-state index contributed by atoms with van der Waals surface area (Å²) in [5.41, 5.74) is 10.3. The molecule has 2 amide bonds. The molecule has 0 fully saturated rings. The van der Waals surface area contributed by atoms with Crippen LogP contribution in [0, 0.1) is 0 Å². The summed E-state index contributed by atoms with van der Waals surface area (Å²) in [4.78, 5) is 20.1. The molecular weight excluding hydrogens is 204 g/mol. The molecule has 14 heavy (non-hydrogen) atoms. The molecule has 1 rings (SSSR count). The third-order valence-electron chi connectivity index (χ3n) is 1.85. The Morgan fingerprint density at radius 2 is 1.50 bits per heavy atom. The van der Waals surface area contributed by atoms with Gasteiger partial charge in [0.15, 0.2) is 0 Å². The molecule has 1 aromatic rings. The summed E-state index contributed by atoms with van der Waals surface area (Å²) in [6.45, 7) is 0. The van der Waals surface area contributed by atoms with Crippen molar-refractivity contribution in [2.45, 2.75) is 4.87 Å². The van der Waals surface area contributed by atoms with Crippen molar-refractivity contribution in [3.05, 3.63) is 35.9 Å². The molecule has 0 aromatic heterocycles. The van der Waals surface area contributed by atoms with E-state index >= 15 is 0 Å². The first-order chi connectivity index (χ1) is 6.49. The molecule has 4 N–H and O–H groups in total. The number of carbonyl (C=O) groups excluding carboxylic acids is 2. The van der Waals surface area contributed by atoms with E-state index in [0.717, 1.165) is 0 Å². The minimum atomic E-state index is -1.96. The monoisotopic (exact) mass is 212 g/mol. The fourth-order valence-corrected chi connectivity index (χ4v) is 1.20. The molecular formula is C9H9ClN2O2. The quantitative estimate of drug-likeness (QED) is 0.550. The Hall–Kier alpha value is -1.55. The molecule has 5 heteroatoms. The average molecular weight is 213 g/mol. The molecule has 1 aromatic carbocycles. The van der Waals surface area contributed by atoms with Crippen LogP contribution in [-0.2, 0) is 14.5 Å². The Morgan fingerprint density at radius 3 is 1.86 bits per heavy atom. The molecule has 0 spiro atoms. The van der Waals surface area contributed by atoms with Crippen LogP contribution < -0.4 is 11.5 Å². The van der Waals surface area contributed by atoms with E-state index in [9.17, 15) is 9.59 Å². The van der Waals surface area contributed by atoms with Gasteiger partial charge >= 0.3 is 0 Å². The SMILES string of the molecule is NC(=O)C(Cl)(C(N)=O)c1ccccc1. The standard InChI is InChI=1S/C9H9ClN2O2/c10-9(7(11)13,8(12)14)6-4-2-1-3-5-6/h1-5H,(H2,11,13)(H2,12,14). The third-order valence-corrected chi connectivity index (χ3v) is 2.44. The molecule has 4 nitrogen and oxygen atoms in total. The molecule has 0 unspecified atom stereocenters. The zero-order chi connectivity index (χ0) is 10.8. The lowest BCUT2D eigenvalue weighted by Crippen LogP contribution is -2.47. The lowest BCUT2D eigenvalue weighted by atomic mass is 9.97. The lowest BCUT2D eigenvalue weighted by molar-refractivity contribution is -0.130. The topological polar surface area (TPSA) is 86.2 Å². The van der Waals surface area contributed by atoms with Gasteiger partial charge in [0.1, 0.15) is 0 Å². The highest BCUT2D eigenvalue weighted by molar-refractivity contribution is 6.45. The van der Waals surface area contributed by atoms with Crippen molar-refractivity contribution in [3.63, 3.8) is 0 Å². The number of halogens is 1. The molecule has 0 aliphatic rings. The van der Waals surface area contributed by atoms with Gasteiger partial charge in [0.05, 0.1) is 0 Å². The van der Waals surface area contributed by atoms with E-state index in [2.05, 4.69) is 0 Å². The highest BCUT2D eigenvalue weighted by Gasteiger charge is 2.42. The van der Waals surface area contributed by atoms with E-state index in [1.165, 1.54) is 12.1 Å². The number of hydrogen-bond donors (Lipinski definition) is 2. The molecule has 0 radical (unpaired) electrons. The van der Waals surface area contributed by atoms with Crippen molar-refractivity contribution < 1.29 is 9.59 Å². The van der Waals surface area contributed by atoms with Crippen LogP contribution in [0.5, 0.6) is 0 Å². The van der Waals surface area contributed by atoms with Crippen molar-refractivity contribution in [1.82, 2.24) is 0 Å². The predicted octanol–water partition coefficient (Wildman–Crippen LogP) is 0.0913. The van der Waals surface area contributed by atoms with Gasteiger partial charge in [-0.05, 0) is 5.56 Å². The van der Waals surface area contributed by atoms with Crippen molar-refractivity contribution >= 4 is 23.4 Å². The van der Waals surface area contributed by atoms with Crippen LogP contribution in [0.25, 0.3) is 0 Å². The summed E-state index contributed by atoms with van der Waals surface area (Å²) >= 11 is 5.79. The number of rotatable bonds is 3. The first kappa shape index (κ1) is 10.5. The predicted molar refractivity (Wildman–Crippen MR) is 52.4 cm³/mol. The van der Waals surface area contributed by atoms with Gasteiger partial charge in [-0.3, -0.25) is 9.59 Å². The minimum Gasteiger partial charge on any atom is -0.367 e. The Morgan fingerprint density at radius 1 is 1.07 bits per heavy atom. The van der Waals surface area contributed by atoms with Crippen molar-refractivity contribution in [3.8, 4) is 0 Å². The second kappa shape index (κ2) is 3.67. The molecule has 0 heterocycles. The van der Waals surface area contributed by atoms with E-state index in [1.807, 2.05) is 0 Å².